The van der Waals surface area contributed by atoms with Crippen LogP contribution >= 0.6 is 27.3 Å². The lowest BCUT2D eigenvalue weighted by Crippen LogP contribution is -3.27. The topological polar surface area (TPSA) is 34.9 Å². The van der Waals surface area contributed by atoms with E-state index in [0.29, 0.717) is 0 Å². The molecule has 4 rings (SSSR count). The average Bonchev–Trinajstić information content (AvgIpc) is 3.27. The van der Waals surface area contributed by atoms with Crippen LogP contribution in [0.15, 0.2) is 56.8 Å². The summed E-state index contributed by atoms with van der Waals surface area (Å²) in [7, 11) is 0. The molecule has 0 radical (unpaired) electrons. The van der Waals surface area contributed by atoms with Gasteiger partial charge < -0.3 is 14.3 Å². The molecular formula is C19H22BrN3OS+2. The van der Waals surface area contributed by atoms with Gasteiger partial charge in [-0.15, -0.1) is 11.3 Å². The van der Waals surface area contributed by atoms with Crippen molar-refractivity contribution in [2.24, 2.45) is 0 Å². The van der Waals surface area contributed by atoms with E-state index in [2.05, 4.69) is 51.4 Å². The number of benzene rings is 1. The van der Waals surface area contributed by atoms with Gasteiger partial charge >= 0.3 is 0 Å². The minimum absolute atomic E-state index is 0.863. The van der Waals surface area contributed by atoms with Gasteiger partial charge in [0.2, 0.25) is 0 Å². The van der Waals surface area contributed by atoms with E-state index in [0.717, 1.165) is 30.1 Å². The number of thiophene rings is 1. The fourth-order valence-electron chi connectivity index (χ4n) is 3.39. The first-order chi connectivity index (χ1) is 12.3. The Morgan fingerprint density at radius 1 is 0.960 bits per heavy atom. The Kier molecular flexibility index (Phi) is 5.31. The molecule has 1 aromatic carbocycles. The van der Waals surface area contributed by atoms with Crippen LogP contribution in [0, 0.1) is 0 Å². The normalized spacial score (nSPS) is 20.7. The maximum atomic E-state index is 5.52. The molecule has 4 nitrogen and oxygen atoms in total. The van der Waals surface area contributed by atoms with Crippen molar-refractivity contribution in [2.75, 3.05) is 26.2 Å². The number of halogens is 1. The smallest absolute Gasteiger partial charge is 0.167 e. The van der Waals surface area contributed by atoms with Crippen molar-refractivity contribution in [3.8, 4) is 11.3 Å². The fourth-order valence-corrected chi connectivity index (χ4v) is 4.95. The maximum absolute atomic E-state index is 5.52. The lowest BCUT2D eigenvalue weighted by atomic mass is 10.1. The summed E-state index contributed by atoms with van der Waals surface area (Å²) in [6.07, 6.45) is 0. The van der Waals surface area contributed by atoms with Crippen molar-refractivity contribution >= 4 is 27.3 Å². The highest BCUT2D eigenvalue weighted by molar-refractivity contribution is 9.11. The second-order valence-corrected chi connectivity index (χ2v) is 9.16. The van der Waals surface area contributed by atoms with Crippen molar-refractivity contribution in [3.63, 3.8) is 0 Å². The monoisotopic (exact) mass is 419 g/mol. The standard InChI is InChI=1S/C19H20BrN3OS/c20-19-7-6-17(25-19)14-23-10-8-22(9-11-23)13-16-12-18(24-21-16)15-4-2-1-3-5-15/h1-7,12H,8-11,13-14H2/p+2. The summed E-state index contributed by atoms with van der Waals surface area (Å²) in [6.45, 7) is 6.91. The van der Waals surface area contributed by atoms with Gasteiger partial charge in [-0.25, -0.2) is 0 Å². The summed E-state index contributed by atoms with van der Waals surface area (Å²) in [5, 5.41) is 4.27. The van der Waals surface area contributed by atoms with E-state index in [9.17, 15) is 0 Å². The van der Waals surface area contributed by atoms with Gasteiger partial charge in [0.15, 0.2) is 5.76 Å². The zero-order valence-electron chi connectivity index (χ0n) is 14.0. The van der Waals surface area contributed by atoms with Crippen LogP contribution in [0.1, 0.15) is 10.6 Å². The van der Waals surface area contributed by atoms with Crippen molar-refractivity contribution in [3.05, 3.63) is 62.9 Å². The molecule has 0 bridgehead atoms. The third-order valence-electron chi connectivity index (χ3n) is 4.77. The molecule has 0 spiro atoms. The molecular weight excluding hydrogens is 398 g/mol. The molecule has 2 N–H and O–H groups in total. The van der Waals surface area contributed by atoms with Gasteiger partial charge in [-0.3, -0.25) is 0 Å². The van der Waals surface area contributed by atoms with E-state index in [1.165, 1.54) is 34.8 Å². The lowest BCUT2D eigenvalue weighted by molar-refractivity contribution is -1.02. The van der Waals surface area contributed by atoms with Crippen molar-refractivity contribution in [1.82, 2.24) is 5.16 Å². The molecule has 1 aliphatic rings. The fraction of sp³-hybridized carbons (Fsp3) is 0.316. The largest absolute Gasteiger partial charge is 0.356 e. The van der Waals surface area contributed by atoms with E-state index in [1.54, 1.807) is 9.80 Å². The highest BCUT2D eigenvalue weighted by Crippen LogP contribution is 2.21. The summed E-state index contributed by atoms with van der Waals surface area (Å²) < 4.78 is 6.75. The van der Waals surface area contributed by atoms with Gasteiger partial charge in [0.05, 0.1) is 8.66 Å². The molecule has 0 atom stereocenters. The number of hydrogen-bond acceptors (Lipinski definition) is 3. The van der Waals surface area contributed by atoms with Crippen molar-refractivity contribution < 1.29 is 14.3 Å². The Labute approximate surface area is 160 Å². The molecule has 3 heterocycles. The third-order valence-corrected chi connectivity index (χ3v) is 6.39. The Morgan fingerprint density at radius 2 is 1.68 bits per heavy atom. The average molecular weight is 420 g/mol. The number of aromatic nitrogens is 1. The first kappa shape index (κ1) is 17.0. The second kappa shape index (κ2) is 7.83. The van der Waals surface area contributed by atoms with Crippen LogP contribution in [0.2, 0.25) is 0 Å². The van der Waals surface area contributed by atoms with Crippen LogP contribution in [-0.4, -0.2) is 31.3 Å². The van der Waals surface area contributed by atoms with Crippen LogP contribution in [0.25, 0.3) is 11.3 Å². The van der Waals surface area contributed by atoms with Gasteiger partial charge in [-0.2, -0.15) is 0 Å². The lowest BCUT2D eigenvalue weighted by Gasteiger charge is -2.28. The molecule has 6 heteroatoms. The SMILES string of the molecule is Brc1ccc(C[NH+]2CC[NH+](Cc3cc(-c4ccccc4)on3)CC2)s1. The second-order valence-electron chi connectivity index (χ2n) is 6.61. The van der Waals surface area contributed by atoms with Crippen LogP contribution in [0.3, 0.4) is 0 Å². The van der Waals surface area contributed by atoms with Gasteiger partial charge in [-0.1, -0.05) is 35.5 Å². The molecule has 25 heavy (non-hydrogen) atoms. The van der Waals surface area contributed by atoms with Crippen LogP contribution in [0.4, 0.5) is 0 Å². The molecule has 1 aliphatic heterocycles. The number of piperazine rings is 1. The first-order valence-corrected chi connectivity index (χ1v) is 10.3. The number of hydrogen-bond donors (Lipinski definition) is 2. The quantitative estimate of drug-likeness (QED) is 0.659. The van der Waals surface area contributed by atoms with E-state index >= 15 is 0 Å². The van der Waals surface area contributed by atoms with Gasteiger partial charge in [0.25, 0.3) is 0 Å². The summed E-state index contributed by atoms with van der Waals surface area (Å²) in [5.41, 5.74) is 2.15. The Balaban J connectivity index is 1.29. The van der Waals surface area contributed by atoms with Crippen LogP contribution < -0.4 is 9.80 Å². The summed E-state index contributed by atoms with van der Waals surface area (Å²) >= 11 is 5.40. The highest BCUT2D eigenvalue weighted by atomic mass is 79.9. The molecule has 1 saturated heterocycles. The third kappa shape index (κ3) is 4.39. The molecule has 0 saturated carbocycles. The van der Waals surface area contributed by atoms with Gasteiger partial charge in [0.1, 0.15) is 45.0 Å². The van der Waals surface area contributed by atoms with Gasteiger partial charge in [-0.05, 0) is 28.1 Å². The molecule has 0 unspecified atom stereocenters. The van der Waals surface area contributed by atoms with Crippen LogP contribution in [0.5, 0.6) is 0 Å². The predicted octanol–water partition coefficient (Wildman–Crippen LogP) is 1.65. The molecule has 0 amide bonds. The summed E-state index contributed by atoms with van der Waals surface area (Å²) in [6, 6.07) is 16.7. The molecule has 130 valence electrons. The number of nitrogens with one attached hydrogen (secondary N) is 2. The predicted molar refractivity (Wildman–Crippen MR) is 103 cm³/mol. The molecule has 2 aromatic heterocycles. The zero-order chi connectivity index (χ0) is 17.1. The number of nitrogens with zero attached hydrogens (tertiary/aromatic N) is 1. The Bertz CT molecular complexity index is 809. The Hall–Kier alpha value is -1.47. The minimum Gasteiger partial charge on any atom is -0.356 e. The Morgan fingerprint density at radius 3 is 2.36 bits per heavy atom. The van der Waals surface area contributed by atoms with Gasteiger partial charge in [0, 0.05) is 11.6 Å². The van der Waals surface area contributed by atoms with E-state index in [-0.39, 0.29) is 0 Å². The minimum atomic E-state index is 0.863. The molecule has 1 fully saturated rings. The molecule has 0 aliphatic carbocycles. The number of rotatable bonds is 5. The van der Waals surface area contributed by atoms with E-state index in [4.69, 9.17) is 4.52 Å². The zero-order valence-corrected chi connectivity index (χ0v) is 16.4. The van der Waals surface area contributed by atoms with E-state index < -0.39 is 0 Å². The number of quaternary nitrogens is 2. The maximum Gasteiger partial charge on any atom is 0.167 e. The van der Waals surface area contributed by atoms with Crippen molar-refractivity contribution in [2.45, 2.75) is 13.1 Å². The summed E-state index contributed by atoms with van der Waals surface area (Å²) in [4.78, 5) is 4.75. The summed E-state index contributed by atoms with van der Waals surface area (Å²) in [5.74, 6) is 0.863. The molecule has 3 aromatic rings. The van der Waals surface area contributed by atoms with Crippen molar-refractivity contribution in [1.29, 1.82) is 0 Å². The van der Waals surface area contributed by atoms with E-state index in [1.807, 2.05) is 29.5 Å². The highest BCUT2D eigenvalue weighted by Gasteiger charge is 2.24. The first-order valence-electron chi connectivity index (χ1n) is 8.68. The van der Waals surface area contributed by atoms with Crippen LogP contribution in [-0.2, 0) is 13.1 Å².